The van der Waals surface area contributed by atoms with Crippen molar-refractivity contribution < 1.29 is 9.13 Å². The van der Waals surface area contributed by atoms with Crippen LogP contribution in [0, 0.1) is 5.82 Å². The average Bonchev–Trinajstić information content (AvgIpc) is 2.92. The maximum absolute atomic E-state index is 13.5. The van der Waals surface area contributed by atoms with Crippen LogP contribution >= 0.6 is 15.9 Å². The molecule has 1 heterocycles. The Morgan fingerprint density at radius 2 is 2.10 bits per heavy atom. The van der Waals surface area contributed by atoms with Crippen LogP contribution < -0.4 is 16.0 Å². The van der Waals surface area contributed by atoms with E-state index in [1.165, 1.54) is 12.1 Å². The number of nitrogens with two attached hydrogens (primary N) is 1. The summed E-state index contributed by atoms with van der Waals surface area (Å²) in [4.78, 5) is 0. The van der Waals surface area contributed by atoms with Crippen molar-refractivity contribution in [3.05, 3.63) is 63.4 Å². The van der Waals surface area contributed by atoms with Crippen molar-refractivity contribution in [1.82, 2.24) is 5.43 Å². The van der Waals surface area contributed by atoms with Gasteiger partial charge in [-0.15, -0.1) is 0 Å². The summed E-state index contributed by atoms with van der Waals surface area (Å²) < 4.78 is 20.0. The molecule has 1 atom stereocenters. The molecule has 104 valence electrons. The zero-order chi connectivity index (χ0) is 14.1. The Hall–Kier alpha value is -1.43. The zero-order valence-corrected chi connectivity index (χ0v) is 12.3. The normalized spacial score (nSPS) is 14.8. The van der Waals surface area contributed by atoms with Gasteiger partial charge in [-0.1, -0.05) is 34.1 Å². The smallest absolute Gasteiger partial charge is 0.127 e. The molecule has 0 bridgehead atoms. The van der Waals surface area contributed by atoms with Gasteiger partial charge in [0.15, 0.2) is 0 Å². The van der Waals surface area contributed by atoms with Gasteiger partial charge in [-0.05, 0) is 29.3 Å². The first kappa shape index (κ1) is 13.5. The summed E-state index contributed by atoms with van der Waals surface area (Å²) in [6, 6.07) is 10.2. The van der Waals surface area contributed by atoms with Gasteiger partial charge in [0.1, 0.15) is 11.6 Å². The van der Waals surface area contributed by atoms with Crippen molar-refractivity contribution in [3.8, 4) is 5.75 Å². The zero-order valence-electron chi connectivity index (χ0n) is 10.7. The lowest BCUT2D eigenvalue weighted by molar-refractivity contribution is 0.350. The third-order valence-corrected chi connectivity index (χ3v) is 4.21. The number of hydrogen-bond acceptors (Lipinski definition) is 3. The molecule has 20 heavy (non-hydrogen) atoms. The first-order chi connectivity index (χ1) is 9.70. The van der Waals surface area contributed by atoms with Crippen LogP contribution in [0.15, 0.2) is 40.9 Å². The van der Waals surface area contributed by atoms with Crippen LogP contribution in [-0.4, -0.2) is 6.61 Å². The van der Waals surface area contributed by atoms with Crippen molar-refractivity contribution in [1.29, 1.82) is 0 Å². The number of ether oxygens (including phenoxy) is 1. The quantitative estimate of drug-likeness (QED) is 0.668. The molecule has 3 N–H and O–H groups in total. The maximum Gasteiger partial charge on any atom is 0.127 e. The second kappa shape index (κ2) is 5.52. The number of para-hydroxylation sites is 1. The highest BCUT2D eigenvalue weighted by atomic mass is 79.9. The van der Waals surface area contributed by atoms with Crippen molar-refractivity contribution in [2.75, 3.05) is 6.61 Å². The maximum atomic E-state index is 13.5. The monoisotopic (exact) mass is 336 g/mol. The van der Waals surface area contributed by atoms with Crippen LogP contribution in [0.4, 0.5) is 4.39 Å². The Balaban J connectivity index is 2.11. The molecule has 0 aliphatic carbocycles. The van der Waals surface area contributed by atoms with Crippen LogP contribution in [-0.2, 0) is 6.42 Å². The number of nitrogens with one attached hydrogen (secondary N) is 1. The molecule has 1 aliphatic heterocycles. The number of hydrogen-bond donors (Lipinski definition) is 2. The highest BCUT2D eigenvalue weighted by Crippen LogP contribution is 2.37. The summed E-state index contributed by atoms with van der Waals surface area (Å²) in [6.45, 7) is 0.675. The number of rotatable bonds is 3. The fraction of sp³-hybridized carbons (Fsp3) is 0.200. The number of benzene rings is 2. The van der Waals surface area contributed by atoms with E-state index < -0.39 is 0 Å². The van der Waals surface area contributed by atoms with Gasteiger partial charge in [-0.3, -0.25) is 5.84 Å². The predicted molar refractivity (Wildman–Crippen MR) is 78.9 cm³/mol. The van der Waals surface area contributed by atoms with Crippen molar-refractivity contribution in [2.45, 2.75) is 12.5 Å². The Morgan fingerprint density at radius 3 is 2.90 bits per heavy atom. The Kier molecular flexibility index (Phi) is 3.74. The summed E-state index contributed by atoms with van der Waals surface area (Å²) in [5.74, 6) is 6.26. The highest BCUT2D eigenvalue weighted by molar-refractivity contribution is 9.10. The van der Waals surface area contributed by atoms with Crippen LogP contribution in [0.25, 0.3) is 0 Å². The molecule has 0 fully saturated rings. The summed E-state index contributed by atoms with van der Waals surface area (Å²) in [5, 5.41) is 0. The van der Waals surface area contributed by atoms with Gasteiger partial charge in [0, 0.05) is 16.5 Å². The topological polar surface area (TPSA) is 47.3 Å². The molecular formula is C15H14BrFN2O. The molecule has 0 spiro atoms. The van der Waals surface area contributed by atoms with Gasteiger partial charge >= 0.3 is 0 Å². The lowest BCUT2D eigenvalue weighted by Crippen LogP contribution is -2.29. The second-order valence-corrected chi connectivity index (χ2v) is 5.55. The Bertz CT molecular complexity index is 648. The van der Waals surface area contributed by atoms with Crippen LogP contribution in [0.3, 0.4) is 0 Å². The summed E-state index contributed by atoms with van der Waals surface area (Å²) in [5.41, 5.74) is 5.59. The fourth-order valence-corrected chi connectivity index (χ4v) is 3.03. The minimum Gasteiger partial charge on any atom is -0.493 e. The Morgan fingerprint density at radius 1 is 1.25 bits per heavy atom. The van der Waals surface area contributed by atoms with E-state index in [-0.39, 0.29) is 11.9 Å². The van der Waals surface area contributed by atoms with E-state index in [9.17, 15) is 4.39 Å². The first-order valence-corrected chi connectivity index (χ1v) is 7.15. The van der Waals surface area contributed by atoms with E-state index in [0.29, 0.717) is 6.61 Å². The highest BCUT2D eigenvalue weighted by Gasteiger charge is 2.24. The van der Waals surface area contributed by atoms with E-state index in [4.69, 9.17) is 10.6 Å². The van der Waals surface area contributed by atoms with E-state index >= 15 is 0 Å². The third kappa shape index (κ3) is 2.32. The molecule has 3 rings (SSSR count). The van der Waals surface area contributed by atoms with E-state index in [2.05, 4.69) is 21.4 Å². The SMILES string of the molecule is NNC(c1cc(F)ccc1Br)c1cccc2c1OCC2. The standard InChI is InChI=1S/C15H14BrFN2O/c16-13-5-4-10(17)8-12(13)14(19-18)11-3-1-2-9-6-7-20-15(9)11/h1-5,8,14,19H,6-7,18H2. The fourth-order valence-electron chi connectivity index (χ4n) is 2.55. The first-order valence-electron chi connectivity index (χ1n) is 6.36. The summed E-state index contributed by atoms with van der Waals surface area (Å²) in [7, 11) is 0. The molecule has 5 heteroatoms. The Labute approximate surface area is 125 Å². The average molecular weight is 337 g/mol. The van der Waals surface area contributed by atoms with Crippen molar-refractivity contribution in [2.24, 2.45) is 5.84 Å². The van der Waals surface area contributed by atoms with Crippen LogP contribution in [0.5, 0.6) is 5.75 Å². The molecule has 1 aliphatic rings. The van der Waals surface area contributed by atoms with Crippen LogP contribution in [0.1, 0.15) is 22.7 Å². The van der Waals surface area contributed by atoms with E-state index in [0.717, 1.165) is 33.3 Å². The molecule has 0 radical (unpaired) electrons. The molecular weight excluding hydrogens is 323 g/mol. The van der Waals surface area contributed by atoms with Gasteiger partial charge in [0.2, 0.25) is 0 Å². The van der Waals surface area contributed by atoms with E-state index in [1.54, 1.807) is 6.07 Å². The molecule has 0 saturated heterocycles. The van der Waals surface area contributed by atoms with Gasteiger partial charge in [0.25, 0.3) is 0 Å². The van der Waals surface area contributed by atoms with Gasteiger partial charge in [-0.2, -0.15) is 0 Å². The van der Waals surface area contributed by atoms with E-state index in [1.807, 2.05) is 18.2 Å². The van der Waals surface area contributed by atoms with Crippen molar-refractivity contribution >= 4 is 15.9 Å². The minimum absolute atomic E-state index is 0.294. The molecule has 2 aromatic carbocycles. The minimum atomic E-state index is -0.326. The molecule has 3 nitrogen and oxygen atoms in total. The number of fused-ring (bicyclic) bond motifs is 1. The largest absolute Gasteiger partial charge is 0.493 e. The van der Waals surface area contributed by atoms with Crippen LogP contribution in [0.2, 0.25) is 0 Å². The molecule has 0 aromatic heterocycles. The predicted octanol–water partition coefficient (Wildman–Crippen LogP) is 3.08. The summed E-state index contributed by atoms with van der Waals surface area (Å²) in [6.07, 6.45) is 0.894. The van der Waals surface area contributed by atoms with Gasteiger partial charge < -0.3 is 4.74 Å². The molecule has 1 unspecified atom stereocenters. The lowest BCUT2D eigenvalue weighted by atomic mass is 9.96. The van der Waals surface area contributed by atoms with Gasteiger partial charge in [-0.25, -0.2) is 9.82 Å². The van der Waals surface area contributed by atoms with Crippen molar-refractivity contribution in [3.63, 3.8) is 0 Å². The molecule has 0 saturated carbocycles. The lowest BCUT2D eigenvalue weighted by Gasteiger charge is -2.20. The number of hydrazine groups is 1. The molecule has 0 amide bonds. The second-order valence-electron chi connectivity index (χ2n) is 4.70. The number of halogens is 2. The van der Waals surface area contributed by atoms with Gasteiger partial charge in [0.05, 0.1) is 12.6 Å². The third-order valence-electron chi connectivity index (χ3n) is 3.49. The molecule has 2 aromatic rings. The summed E-state index contributed by atoms with van der Waals surface area (Å²) >= 11 is 3.45.